The van der Waals surface area contributed by atoms with Crippen molar-refractivity contribution >= 4 is 30.3 Å². The molecule has 2 unspecified atom stereocenters. The Balaban J connectivity index is 2.73. The topological polar surface area (TPSA) is 58.4 Å². The summed E-state index contributed by atoms with van der Waals surface area (Å²) in [6.07, 6.45) is 0. The molecule has 0 radical (unpaired) electrons. The number of carbonyl (C=O) groups is 1. The van der Waals surface area contributed by atoms with Crippen molar-refractivity contribution in [2.75, 3.05) is 12.5 Å². The van der Waals surface area contributed by atoms with Crippen LogP contribution in [0.1, 0.15) is 20.8 Å². The summed E-state index contributed by atoms with van der Waals surface area (Å²) in [5, 5.41) is 3.19. The maximum atomic E-state index is 12.2. The van der Waals surface area contributed by atoms with Gasteiger partial charge in [0.05, 0.1) is 11.5 Å². The third kappa shape index (κ3) is 3.03. The van der Waals surface area contributed by atoms with Crippen LogP contribution in [0.4, 0.5) is 0 Å². The number of nitrogens with zero attached hydrogens (tertiary/aromatic N) is 1. The second-order valence-electron chi connectivity index (χ2n) is 4.17. The molecule has 6 heteroatoms. The Labute approximate surface area is 101 Å². The molecule has 1 rings (SSSR count). The van der Waals surface area contributed by atoms with Crippen LogP contribution in [0.25, 0.3) is 0 Å². The van der Waals surface area contributed by atoms with Gasteiger partial charge in [0, 0.05) is 11.9 Å². The lowest BCUT2D eigenvalue weighted by molar-refractivity contribution is -0.133. The fraction of sp³-hybridized carbons (Fsp3) is 0.889. The highest BCUT2D eigenvalue weighted by Gasteiger charge is 2.37. The number of hydrogen-bond acceptors (Lipinski definition) is 5. The molecule has 1 heterocycles. The summed E-state index contributed by atoms with van der Waals surface area (Å²) in [4.78, 5) is 13.3. The van der Waals surface area contributed by atoms with E-state index in [0.29, 0.717) is 0 Å². The van der Waals surface area contributed by atoms with E-state index in [0.717, 1.165) is 5.88 Å². The summed E-state index contributed by atoms with van der Waals surface area (Å²) >= 11 is 6.01. The van der Waals surface area contributed by atoms with Crippen LogP contribution in [0.2, 0.25) is 0 Å². The number of thioether (sulfide) groups is 1. The van der Waals surface area contributed by atoms with Crippen LogP contribution in [-0.2, 0) is 4.79 Å². The fourth-order valence-electron chi connectivity index (χ4n) is 1.54. The molecule has 0 spiro atoms. The molecule has 0 aromatic rings. The Bertz CT molecular complexity index is 242. The Morgan fingerprint density at radius 3 is 2.67 bits per heavy atom. The second-order valence-corrected chi connectivity index (χ2v) is 6.39. The number of nitrogens with one attached hydrogen (secondary N) is 1. The molecule has 0 bridgehead atoms. The van der Waals surface area contributed by atoms with Crippen molar-refractivity contribution in [2.24, 2.45) is 5.73 Å². The van der Waals surface area contributed by atoms with Gasteiger partial charge in [0.15, 0.2) is 0 Å². The van der Waals surface area contributed by atoms with Crippen LogP contribution in [-0.4, -0.2) is 39.5 Å². The second kappa shape index (κ2) is 4.95. The quantitative estimate of drug-likeness (QED) is 0.502. The maximum Gasteiger partial charge on any atom is 0.239 e. The Hall–Kier alpha value is 0.0900. The van der Waals surface area contributed by atoms with Crippen molar-refractivity contribution in [2.45, 2.75) is 36.9 Å². The molecular weight excluding hydrogens is 230 g/mol. The van der Waals surface area contributed by atoms with Crippen molar-refractivity contribution in [3.05, 3.63) is 0 Å². The van der Waals surface area contributed by atoms with E-state index in [4.69, 9.17) is 5.73 Å². The van der Waals surface area contributed by atoms with Gasteiger partial charge in [-0.1, -0.05) is 0 Å². The van der Waals surface area contributed by atoms with E-state index >= 15 is 0 Å². The Kier molecular flexibility index (Phi) is 4.34. The highest BCUT2D eigenvalue weighted by Crippen LogP contribution is 2.27. The first-order chi connectivity index (χ1) is 6.88. The average molecular weight is 249 g/mol. The Morgan fingerprint density at radius 2 is 2.33 bits per heavy atom. The molecule has 2 atom stereocenters. The van der Waals surface area contributed by atoms with E-state index in [1.807, 2.05) is 20.8 Å². The summed E-state index contributed by atoms with van der Waals surface area (Å²) in [5.41, 5.74) is 5.60. The van der Waals surface area contributed by atoms with E-state index in [-0.39, 0.29) is 23.9 Å². The lowest BCUT2D eigenvalue weighted by Crippen LogP contribution is -2.52. The van der Waals surface area contributed by atoms with Crippen molar-refractivity contribution in [1.82, 2.24) is 10.2 Å². The summed E-state index contributed by atoms with van der Waals surface area (Å²) in [6, 6.07) is 0.201. The molecule has 88 valence electrons. The van der Waals surface area contributed by atoms with Gasteiger partial charge in [-0.05, 0) is 20.8 Å². The largest absolute Gasteiger partial charge is 0.315 e. The monoisotopic (exact) mass is 249 g/mol. The van der Waals surface area contributed by atoms with Gasteiger partial charge in [-0.2, -0.15) is 12.6 Å². The van der Waals surface area contributed by atoms with Gasteiger partial charge in [0.2, 0.25) is 5.91 Å². The van der Waals surface area contributed by atoms with Gasteiger partial charge in [-0.3, -0.25) is 4.79 Å². The van der Waals surface area contributed by atoms with Gasteiger partial charge in [0.1, 0.15) is 5.25 Å². The number of thiol groups is 1. The zero-order valence-corrected chi connectivity index (χ0v) is 11.1. The molecule has 0 saturated carbocycles. The minimum absolute atomic E-state index is 0.0417. The minimum atomic E-state index is -0.505. The molecule has 1 saturated heterocycles. The predicted octanol–water partition coefficient (Wildman–Crippen LogP) is 0.448. The van der Waals surface area contributed by atoms with Crippen LogP contribution >= 0.6 is 24.4 Å². The number of carbonyl (C=O) groups excluding carboxylic acids is 1. The predicted molar refractivity (Wildman–Crippen MR) is 67.8 cm³/mol. The van der Waals surface area contributed by atoms with Crippen LogP contribution in [0.15, 0.2) is 0 Å². The van der Waals surface area contributed by atoms with Crippen molar-refractivity contribution < 1.29 is 4.79 Å². The molecule has 1 amide bonds. The average Bonchev–Trinajstić information content (AvgIpc) is 2.49. The van der Waals surface area contributed by atoms with Gasteiger partial charge >= 0.3 is 0 Å². The normalized spacial score (nSPS) is 26.7. The van der Waals surface area contributed by atoms with Gasteiger partial charge < -0.3 is 16.0 Å². The van der Waals surface area contributed by atoms with Crippen LogP contribution in [0, 0.1) is 0 Å². The minimum Gasteiger partial charge on any atom is -0.315 e. The number of amides is 1. The first kappa shape index (κ1) is 13.2. The zero-order chi connectivity index (χ0) is 11.6. The van der Waals surface area contributed by atoms with Crippen molar-refractivity contribution in [3.8, 4) is 0 Å². The van der Waals surface area contributed by atoms with Crippen LogP contribution < -0.4 is 11.1 Å². The van der Waals surface area contributed by atoms with E-state index in [1.165, 1.54) is 0 Å². The molecule has 1 aliphatic rings. The SMILES string of the molecule is CC1NCSC1C(=O)N(CN)C(C)(C)S. The summed E-state index contributed by atoms with van der Waals surface area (Å²) in [5.74, 6) is 0.892. The van der Waals surface area contributed by atoms with Crippen LogP contribution in [0.3, 0.4) is 0 Å². The van der Waals surface area contributed by atoms with Crippen molar-refractivity contribution in [3.63, 3.8) is 0 Å². The Morgan fingerprint density at radius 1 is 1.73 bits per heavy atom. The first-order valence-electron chi connectivity index (χ1n) is 4.97. The van der Waals surface area contributed by atoms with E-state index in [9.17, 15) is 4.79 Å². The summed E-state index contributed by atoms with van der Waals surface area (Å²) in [7, 11) is 0. The molecule has 1 aliphatic heterocycles. The van der Waals surface area contributed by atoms with Gasteiger partial charge in [-0.25, -0.2) is 0 Å². The highest BCUT2D eigenvalue weighted by molar-refractivity contribution is 8.00. The molecule has 1 fully saturated rings. The lowest BCUT2D eigenvalue weighted by atomic mass is 10.2. The molecule has 15 heavy (non-hydrogen) atoms. The third-order valence-corrected chi connectivity index (χ3v) is 4.02. The maximum absolute atomic E-state index is 12.2. The fourth-order valence-corrected chi connectivity index (χ4v) is 2.92. The van der Waals surface area contributed by atoms with Crippen LogP contribution in [0.5, 0.6) is 0 Å². The van der Waals surface area contributed by atoms with E-state index < -0.39 is 4.87 Å². The lowest BCUT2D eigenvalue weighted by Gasteiger charge is -2.35. The molecule has 0 aromatic carbocycles. The summed E-state index contributed by atoms with van der Waals surface area (Å²) in [6.45, 7) is 5.97. The van der Waals surface area contributed by atoms with Gasteiger partial charge in [0.25, 0.3) is 0 Å². The van der Waals surface area contributed by atoms with E-state index in [2.05, 4.69) is 17.9 Å². The van der Waals surface area contributed by atoms with Crippen molar-refractivity contribution in [1.29, 1.82) is 0 Å². The third-order valence-electron chi connectivity index (χ3n) is 2.47. The molecule has 0 aromatic heterocycles. The molecular formula is C9H19N3OS2. The smallest absolute Gasteiger partial charge is 0.239 e. The first-order valence-corrected chi connectivity index (χ1v) is 6.46. The van der Waals surface area contributed by atoms with E-state index in [1.54, 1.807) is 16.7 Å². The zero-order valence-electron chi connectivity index (χ0n) is 9.36. The number of nitrogens with two attached hydrogens (primary N) is 1. The van der Waals surface area contributed by atoms with Gasteiger partial charge in [-0.15, -0.1) is 11.8 Å². The number of rotatable bonds is 3. The summed E-state index contributed by atoms with van der Waals surface area (Å²) < 4.78 is 0. The standard InChI is InChI=1S/C9H19N3OS2/c1-6-7(15-5-11-6)8(13)12(4-10)9(2,3)14/h6-7,11,14H,4-5,10H2,1-3H3. The number of hydrogen-bond donors (Lipinski definition) is 3. The highest BCUT2D eigenvalue weighted by atomic mass is 32.2. The molecule has 4 nitrogen and oxygen atoms in total. The molecule has 3 N–H and O–H groups in total. The molecule has 0 aliphatic carbocycles.